The van der Waals surface area contributed by atoms with E-state index in [9.17, 15) is 0 Å². The molecule has 0 radical (unpaired) electrons. The molecular formula is C13H28N2O. The van der Waals surface area contributed by atoms with Crippen LogP contribution in [0.25, 0.3) is 0 Å². The van der Waals surface area contributed by atoms with Crippen molar-refractivity contribution < 1.29 is 4.74 Å². The summed E-state index contributed by atoms with van der Waals surface area (Å²) in [5.74, 6) is 0.934. The zero-order valence-electron chi connectivity index (χ0n) is 11.3. The second-order valence-corrected chi connectivity index (χ2v) is 5.29. The molecule has 0 aliphatic heterocycles. The first kappa shape index (κ1) is 13.9. The van der Waals surface area contributed by atoms with Crippen LogP contribution in [0.4, 0.5) is 0 Å². The molecule has 0 bridgehead atoms. The lowest BCUT2D eigenvalue weighted by atomic mass is 9.86. The minimum absolute atomic E-state index is 0.453. The maximum atomic E-state index is 5.21. The minimum atomic E-state index is 0.453. The van der Waals surface area contributed by atoms with E-state index in [-0.39, 0.29) is 0 Å². The van der Waals surface area contributed by atoms with E-state index in [1.54, 1.807) is 7.11 Å². The number of likely N-dealkylation sites (N-methyl/N-ethyl adjacent to an activating group) is 2. The van der Waals surface area contributed by atoms with Crippen LogP contribution >= 0.6 is 0 Å². The van der Waals surface area contributed by atoms with Crippen LogP contribution in [0.15, 0.2) is 0 Å². The summed E-state index contributed by atoms with van der Waals surface area (Å²) < 4.78 is 5.21. The Hall–Kier alpha value is -0.120. The topological polar surface area (TPSA) is 24.5 Å². The highest BCUT2D eigenvalue weighted by Gasteiger charge is 2.22. The van der Waals surface area contributed by atoms with Crippen LogP contribution in [0.5, 0.6) is 0 Å². The van der Waals surface area contributed by atoms with E-state index in [1.165, 1.54) is 25.7 Å². The lowest BCUT2D eigenvalue weighted by Gasteiger charge is -2.35. The van der Waals surface area contributed by atoms with Crippen LogP contribution in [0.2, 0.25) is 0 Å². The molecule has 0 heterocycles. The fourth-order valence-electron chi connectivity index (χ4n) is 2.61. The summed E-state index contributed by atoms with van der Waals surface area (Å²) in [6.45, 7) is 4.25. The van der Waals surface area contributed by atoms with Gasteiger partial charge in [-0.15, -0.1) is 0 Å². The van der Waals surface area contributed by atoms with Gasteiger partial charge in [0, 0.05) is 25.7 Å². The van der Waals surface area contributed by atoms with Crippen molar-refractivity contribution in [1.82, 2.24) is 10.2 Å². The Labute approximate surface area is 101 Å². The van der Waals surface area contributed by atoms with Crippen LogP contribution in [0, 0.1) is 5.92 Å². The first-order valence-corrected chi connectivity index (χ1v) is 6.53. The predicted molar refractivity (Wildman–Crippen MR) is 68.8 cm³/mol. The van der Waals surface area contributed by atoms with Gasteiger partial charge in [0.05, 0.1) is 6.61 Å². The average molecular weight is 228 g/mol. The Morgan fingerprint density at radius 1 is 1.31 bits per heavy atom. The number of hydrogen-bond acceptors (Lipinski definition) is 3. The van der Waals surface area contributed by atoms with Crippen molar-refractivity contribution in [1.29, 1.82) is 0 Å². The molecule has 0 aromatic rings. The fourth-order valence-corrected chi connectivity index (χ4v) is 2.61. The lowest BCUT2D eigenvalue weighted by molar-refractivity contribution is 0.117. The molecule has 0 amide bonds. The quantitative estimate of drug-likeness (QED) is 0.749. The Morgan fingerprint density at radius 2 is 1.94 bits per heavy atom. The summed E-state index contributed by atoms with van der Waals surface area (Å²) in [7, 11) is 6.04. The SMILES string of the molecule is CNC(COC)CN(C)C1CCC(C)CC1. The highest BCUT2D eigenvalue weighted by atomic mass is 16.5. The Kier molecular flexibility index (Phi) is 6.32. The normalized spacial score (nSPS) is 28.3. The van der Waals surface area contributed by atoms with E-state index in [1.807, 2.05) is 7.05 Å². The van der Waals surface area contributed by atoms with Gasteiger partial charge in [0.1, 0.15) is 0 Å². The van der Waals surface area contributed by atoms with Crippen LogP contribution in [-0.2, 0) is 4.74 Å². The largest absolute Gasteiger partial charge is 0.383 e. The summed E-state index contributed by atoms with van der Waals surface area (Å²) in [4.78, 5) is 2.51. The van der Waals surface area contributed by atoms with Crippen molar-refractivity contribution >= 4 is 0 Å². The van der Waals surface area contributed by atoms with Gasteiger partial charge in [-0.1, -0.05) is 6.92 Å². The van der Waals surface area contributed by atoms with Crippen molar-refractivity contribution in [2.75, 3.05) is 34.4 Å². The second-order valence-electron chi connectivity index (χ2n) is 5.29. The van der Waals surface area contributed by atoms with Crippen LogP contribution in [0.1, 0.15) is 32.6 Å². The highest BCUT2D eigenvalue weighted by Crippen LogP contribution is 2.26. The molecule has 0 aromatic carbocycles. The van der Waals surface area contributed by atoms with Gasteiger partial charge in [-0.05, 0) is 45.7 Å². The second kappa shape index (κ2) is 7.25. The molecule has 1 rings (SSSR count). The zero-order valence-corrected chi connectivity index (χ0v) is 11.3. The summed E-state index contributed by atoms with van der Waals surface area (Å²) in [5.41, 5.74) is 0. The average Bonchev–Trinajstić information content (AvgIpc) is 2.29. The zero-order chi connectivity index (χ0) is 12.0. The summed E-state index contributed by atoms with van der Waals surface area (Å²) in [6, 6.07) is 1.23. The van der Waals surface area contributed by atoms with Crippen molar-refractivity contribution in [2.45, 2.75) is 44.7 Å². The molecule has 0 spiro atoms. The van der Waals surface area contributed by atoms with Gasteiger partial charge < -0.3 is 15.0 Å². The number of nitrogens with one attached hydrogen (secondary N) is 1. The van der Waals surface area contributed by atoms with Crippen molar-refractivity contribution in [3.8, 4) is 0 Å². The molecule has 3 nitrogen and oxygen atoms in total. The minimum Gasteiger partial charge on any atom is -0.383 e. The van der Waals surface area contributed by atoms with Crippen LogP contribution < -0.4 is 5.32 Å². The number of nitrogens with zero attached hydrogens (tertiary/aromatic N) is 1. The molecule has 1 unspecified atom stereocenters. The number of rotatable bonds is 6. The summed E-state index contributed by atoms with van der Waals surface area (Å²) in [5, 5.41) is 3.32. The number of methoxy groups -OCH3 is 1. The highest BCUT2D eigenvalue weighted by molar-refractivity contribution is 4.79. The Balaban J connectivity index is 2.30. The first-order valence-electron chi connectivity index (χ1n) is 6.53. The van der Waals surface area contributed by atoms with E-state index >= 15 is 0 Å². The summed E-state index contributed by atoms with van der Waals surface area (Å²) >= 11 is 0. The van der Waals surface area contributed by atoms with Gasteiger partial charge in [-0.25, -0.2) is 0 Å². The molecule has 1 fully saturated rings. The van der Waals surface area contributed by atoms with Crippen molar-refractivity contribution in [3.63, 3.8) is 0 Å². The van der Waals surface area contributed by atoms with E-state index in [0.29, 0.717) is 6.04 Å². The molecule has 1 aliphatic carbocycles. The third kappa shape index (κ3) is 4.40. The molecular weight excluding hydrogens is 200 g/mol. The standard InChI is InChI=1S/C13H28N2O/c1-11-5-7-13(8-6-11)15(3)9-12(14-2)10-16-4/h11-14H,5-10H2,1-4H3. The molecule has 1 saturated carbocycles. The maximum Gasteiger partial charge on any atom is 0.0628 e. The number of ether oxygens (including phenoxy) is 1. The third-order valence-corrected chi connectivity index (χ3v) is 3.89. The smallest absolute Gasteiger partial charge is 0.0628 e. The van der Waals surface area contributed by atoms with E-state index in [4.69, 9.17) is 4.74 Å². The van der Waals surface area contributed by atoms with E-state index < -0.39 is 0 Å². The fraction of sp³-hybridized carbons (Fsp3) is 1.00. The van der Waals surface area contributed by atoms with E-state index in [2.05, 4.69) is 24.2 Å². The first-order chi connectivity index (χ1) is 7.67. The Bertz CT molecular complexity index is 179. The van der Waals surface area contributed by atoms with Gasteiger partial charge in [-0.3, -0.25) is 0 Å². The van der Waals surface area contributed by atoms with Gasteiger partial charge >= 0.3 is 0 Å². The van der Waals surface area contributed by atoms with Crippen LogP contribution in [-0.4, -0.2) is 51.3 Å². The molecule has 0 saturated heterocycles. The summed E-state index contributed by atoms with van der Waals surface area (Å²) in [6.07, 6.45) is 5.51. The lowest BCUT2D eigenvalue weighted by Crippen LogP contribution is -2.45. The van der Waals surface area contributed by atoms with Gasteiger partial charge in [0.15, 0.2) is 0 Å². The Morgan fingerprint density at radius 3 is 2.44 bits per heavy atom. The molecule has 1 N–H and O–H groups in total. The predicted octanol–water partition coefficient (Wildman–Crippen LogP) is 1.73. The van der Waals surface area contributed by atoms with E-state index in [0.717, 1.165) is 25.1 Å². The van der Waals surface area contributed by atoms with Gasteiger partial charge in [0.2, 0.25) is 0 Å². The molecule has 96 valence electrons. The van der Waals surface area contributed by atoms with Gasteiger partial charge in [0.25, 0.3) is 0 Å². The van der Waals surface area contributed by atoms with Crippen molar-refractivity contribution in [2.24, 2.45) is 5.92 Å². The monoisotopic (exact) mass is 228 g/mol. The third-order valence-electron chi connectivity index (χ3n) is 3.89. The maximum absolute atomic E-state index is 5.21. The van der Waals surface area contributed by atoms with Gasteiger partial charge in [-0.2, -0.15) is 0 Å². The molecule has 16 heavy (non-hydrogen) atoms. The molecule has 0 aromatic heterocycles. The molecule has 3 heteroatoms. The molecule has 1 aliphatic rings. The number of hydrogen-bond donors (Lipinski definition) is 1. The van der Waals surface area contributed by atoms with Crippen LogP contribution in [0.3, 0.4) is 0 Å². The van der Waals surface area contributed by atoms with Crippen molar-refractivity contribution in [3.05, 3.63) is 0 Å². The molecule has 1 atom stereocenters.